The SMILES string of the molecule is CCOCC(C)NCc1ccc(CC(=O)O)cc1. The van der Waals surface area contributed by atoms with Crippen molar-refractivity contribution in [1.29, 1.82) is 0 Å². The molecule has 0 bridgehead atoms. The zero-order valence-electron chi connectivity index (χ0n) is 11.0. The Morgan fingerprint density at radius 3 is 2.50 bits per heavy atom. The highest BCUT2D eigenvalue weighted by Crippen LogP contribution is 2.05. The van der Waals surface area contributed by atoms with E-state index in [1.807, 2.05) is 31.2 Å². The van der Waals surface area contributed by atoms with E-state index in [2.05, 4.69) is 12.2 Å². The molecule has 1 rings (SSSR count). The third kappa shape index (κ3) is 5.80. The van der Waals surface area contributed by atoms with Crippen molar-refractivity contribution in [3.63, 3.8) is 0 Å². The van der Waals surface area contributed by atoms with E-state index in [4.69, 9.17) is 9.84 Å². The molecule has 0 spiro atoms. The van der Waals surface area contributed by atoms with Gasteiger partial charge in [-0.15, -0.1) is 0 Å². The molecule has 0 aliphatic carbocycles. The van der Waals surface area contributed by atoms with Crippen LogP contribution in [-0.4, -0.2) is 30.3 Å². The fourth-order valence-corrected chi connectivity index (χ4v) is 1.60. The van der Waals surface area contributed by atoms with Crippen LogP contribution >= 0.6 is 0 Å². The molecule has 1 unspecified atom stereocenters. The van der Waals surface area contributed by atoms with E-state index in [0.29, 0.717) is 12.6 Å². The lowest BCUT2D eigenvalue weighted by molar-refractivity contribution is -0.136. The first-order valence-electron chi connectivity index (χ1n) is 6.22. The van der Waals surface area contributed by atoms with Gasteiger partial charge in [-0.2, -0.15) is 0 Å². The lowest BCUT2D eigenvalue weighted by atomic mass is 10.1. The zero-order valence-corrected chi connectivity index (χ0v) is 11.0. The van der Waals surface area contributed by atoms with Gasteiger partial charge in [0.2, 0.25) is 0 Å². The van der Waals surface area contributed by atoms with E-state index in [0.717, 1.165) is 24.3 Å². The van der Waals surface area contributed by atoms with Gasteiger partial charge in [-0.05, 0) is 25.0 Å². The minimum atomic E-state index is -0.800. The van der Waals surface area contributed by atoms with Gasteiger partial charge in [-0.25, -0.2) is 0 Å². The Morgan fingerprint density at radius 1 is 1.33 bits per heavy atom. The summed E-state index contributed by atoms with van der Waals surface area (Å²) in [6.45, 7) is 6.26. The smallest absolute Gasteiger partial charge is 0.307 e. The highest BCUT2D eigenvalue weighted by atomic mass is 16.5. The van der Waals surface area contributed by atoms with Crippen LogP contribution in [0.1, 0.15) is 25.0 Å². The van der Waals surface area contributed by atoms with E-state index < -0.39 is 5.97 Å². The summed E-state index contributed by atoms with van der Waals surface area (Å²) in [7, 11) is 0. The number of aliphatic carboxylic acids is 1. The third-order valence-corrected chi connectivity index (χ3v) is 2.60. The number of benzene rings is 1. The molecule has 0 saturated heterocycles. The zero-order chi connectivity index (χ0) is 13.4. The minimum absolute atomic E-state index is 0.0778. The van der Waals surface area contributed by atoms with Crippen LogP contribution in [0.2, 0.25) is 0 Å². The second-order valence-corrected chi connectivity index (χ2v) is 4.33. The molecule has 1 atom stereocenters. The predicted octanol–water partition coefficient (Wildman–Crippen LogP) is 1.83. The van der Waals surface area contributed by atoms with Crippen LogP contribution in [0.3, 0.4) is 0 Å². The topological polar surface area (TPSA) is 58.6 Å². The van der Waals surface area contributed by atoms with Crippen molar-refractivity contribution in [2.45, 2.75) is 32.9 Å². The van der Waals surface area contributed by atoms with Gasteiger partial charge in [-0.1, -0.05) is 24.3 Å². The van der Waals surface area contributed by atoms with Crippen molar-refractivity contribution in [3.8, 4) is 0 Å². The number of hydrogen-bond acceptors (Lipinski definition) is 3. The Hall–Kier alpha value is -1.39. The van der Waals surface area contributed by atoms with E-state index >= 15 is 0 Å². The van der Waals surface area contributed by atoms with E-state index in [9.17, 15) is 4.79 Å². The standard InChI is InChI=1S/C14H21NO3/c1-3-18-10-11(2)15-9-13-6-4-12(5-7-13)8-14(16)17/h4-7,11,15H,3,8-10H2,1-2H3,(H,16,17). The lowest BCUT2D eigenvalue weighted by Crippen LogP contribution is -2.30. The molecule has 2 N–H and O–H groups in total. The fraction of sp³-hybridized carbons (Fsp3) is 0.500. The van der Waals surface area contributed by atoms with Gasteiger partial charge in [0.1, 0.15) is 0 Å². The van der Waals surface area contributed by atoms with Crippen molar-refractivity contribution < 1.29 is 14.6 Å². The molecule has 0 saturated carbocycles. The van der Waals surface area contributed by atoms with Gasteiger partial charge in [0.15, 0.2) is 0 Å². The first-order chi connectivity index (χ1) is 8.61. The molecule has 0 aliphatic rings. The number of carbonyl (C=O) groups is 1. The third-order valence-electron chi connectivity index (χ3n) is 2.60. The first-order valence-corrected chi connectivity index (χ1v) is 6.22. The predicted molar refractivity (Wildman–Crippen MR) is 70.6 cm³/mol. The average Bonchev–Trinajstić information content (AvgIpc) is 2.35. The molecule has 4 nitrogen and oxygen atoms in total. The molecule has 0 radical (unpaired) electrons. The number of rotatable bonds is 8. The Kier molecular flexibility index (Phi) is 6.39. The van der Waals surface area contributed by atoms with Crippen LogP contribution in [0, 0.1) is 0 Å². The quantitative estimate of drug-likeness (QED) is 0.740. The largest absolute Gasteiger partial charge is 0.481 e. The van der Waals surface area contributed by atoms with Gasteiger partial charge in [0.05, 0.1) is 13.0 Å². The molecule has 0 aromatic heterocycles. The Labute approximate surface area is 108 Å². The second-order valence-electron chi connectivity index (χ2n) is 4.33. The molecule has 0 amide bonds. The molecule has 1 aromatic rings. The van der Waals surface area contributed by atoms with Gasteiger partial charge in [-0.3, -0.25) is 4.79 Å². The summed E-state index contributed by atoms with van der Waals surface area (Å²) in [6, 6.07) is 7.94. The van der Waals surface area contributed by atoms with Crippen molar-refractivity contribution in [2.75, 3.05) is 13.2 Å². The van der Waals surface area contributed by atoms with Crippen molar-refractivity contribution in [2.24, 2.45) is 0 Å². The van der Waals surface area contributed by atoms with Gasteiger partial charge in [0.25, 0.3) is 0 Å². The van der Waals surface area contributed by atoms with Crippen molar-refractivity contribution in [3.05, 3.63) is 35.4 Å². The molecular formula is C14H21NO3. The van der Waals surface area contributed by atoms with Gasteiger partial charge in [0, 0.05) is 19.2 Å². The summed E-state index contributed by atoms with van der Waals surface area (Å²) >= 11 is 0. The van der Waals surface area contributed by atoms with Crippen molar-refractivity contribution >= 4 is 5.97 Å². The molecule has 0 fully saturated rings. The molecule has 1 aromatic carbocycles. The molecule has 0 aliphatic heterocycles. The minimum Gasteiger partial charge on any atom is -0.481 e. The van der Waals surface area contributed by atoms with Gasteiger partial charge < -0.3 is 15.2 Å². The number of hydrogen-bond donors (Lipinski definition) is 2. The summed E-state index contributed by atoms with van der Waals surface area (Å²) in [5.41, 5.74) is 1.97. The Bertz CT molecular complexity index is 362. The average molecular weight is 251 g/mol. The maximum atomic E-state index is 10.5. The first kappa shape index (κ1) is 14.7. The van der Waals surface area contributed by atoms with Crippen LogP contribution in [0.25, 0.3) is 0 Å². The Morgan fingerprint density at radius 2 is 1.94 bits per heavy atom. The van der Waals surface area contributed by atoms with E-state index in [1.54, 1.807) is 0 Å². The van der Waals surface area contributed by atoms with Crippen LogP contribution in [0.4, 0.5) is 0 Å². The van der Waals surface area contributed by atoms with E-state index in [-0.39, 0.29) is 6.42 Å². The van der Waals surface area contributed by atoms with Crippen LogP contribution in [0.15, 0.2) is 24.3 Å². The van der Waals surface area contributed by atoms with Crippen molar-refractivity contribution in [1.82, 2.24) is 5.32 Å². The highest BCUT2D eigenvalue weighted by molar-refractivity contribution is 5.70. The summed E-state index contributed by atoms with van der Waals surface area (Å²) in [4.78, 5) is 10.5. The lowest BCUT2D eigenvalue weighted by Gasteiger charge is -2.13. The Balaban J connectivity index is 2.36. The van der Waals surface area contributed by atoms with Crippen LogP contribution in [0.5, 0.6) is 0 Å². The van der Waals surface area contributed by atoms with Gasteiger partial charge >= 0.3 is 5.97 Å². The highest BCUT2D eigenvalue weighted by Gasteiger charge is 2.02. The summed E-state index contributed by atoms with van der Waals surface area (Å²) in [5.74, 6) is -0.800. The second kappa shape index (κ2) is 7.84. The monoisotopic (exact) mass is 251 g/mol. The molecule has 100 valence electrons. The maximum Gasteiger partial charge on any atom is 0.307 e. The maximum absolute atomic E-state index is 10.5. The number of carboxylic acids is 1. The summed E-state index contributed by atoms with van der Waals surface area (Å²) < 4.78 is 5.32. The molecule has 4 heteroatoms. The molecule has 0 heterocycles. The van der Waals surface area contributed by atoms with E-state index in [1.165, 1.54) is 0 Å². The number of ether oxygens (including phenoxy) is 1. The summed E-state index contributed by atoms with van der Waals surface area (Å²) in [6.07, 6.45) is 0.0778. The van der Waals surface area contributed by atoms with Crippen LogP contribution < -0.4 is 5.32 Å². The normalized spacial score (nSPS) is 12.3. The molecule has 18 heavy (non-hydrogen) atoms. The summed E-state index contributed by atoms with van der Waals surface area (Å²) in [5, 5.41) is 12.0. The number of carboxylic acid groups (broad SMARTS) is 1. The molecular weight excluding hydrogens is 230 g/mol. The number of nitrogens with one attached hydrogen (secondary N) is 1. The fourth-order valence-electron chi connectivity index (χ4n) is 1.60. The van der Waals surface area contributed by atoms with Crippen LogP contribution in [-0.2, 0) is 22.5 Å².